The van der Waals surface area contributed by atoms with Crippen molar-refractivity contribution in [1.82, 2.24) is 4.90 Å². The van der Waals surface area contributed by atoms with Crippen molar-refractivity contribution in [3.8, 4) is 0 Å². The molecule has 0 radical (unpaired) electrons. The fraction of sp³-hybridized carbons (Fsp3) is 0.435. The van der Waals surface area contributed by atoms with Crippen LogP contribution < -0.4 is 4.90 Å². The molecule has 6 heteroatoms. The van der Waals surface area contributed by atoms with E-state index in [1.54, 1.807) is 12.1 Å². The minimum Gasteiger partial charge on any atom is -0.368 e. The van der Waals surface area contributed by atoms with E-state index in [0.29, 0.717) is 18.7 Å². The zero-order valence-electron chi connectivity index (χ0n) is 17.9. The monoisotopic (exact) mass is 414 g/mol. The topological polar surface area (TPSA) is 57.7 Å². The van der Waals surface area contributed by atoms with Gasteiger partial charge in [0.2, 0.25) is 0 Å². The van der Waals surface area contributed by atoms with Gasteiger partial charge in [0, 0.05) is 43.7 Å². The van der Waals surface area contributed by atoms with Gasteiger partial charge >= 0.3 is 0 Å². The number of hydrogen-bond donors (Lipinski definition) is 0. The van der Waals surface area contributed by atoms with Crippen LogP contribution in [0.3, 0.4) is 0 Å². The number of sulfone groups is 1. The summed E-state index contributed by atoms with van der Waals surface area (Å²) in [7, 11) is -3.34. The second-order valence-corrected chi connectivity index (χ2v) is 9.96. The third-order valence-electron chi connectivity index (χ3n) is 5.83. The fourth-order valence-electron chi connectivity index (χ4n) is 4.11. The summed E-state index contributed by atoms with van der Waals surface area (Å²) >= 11 is 0. The Morgan fingerprint density at radius 2 is 1.52 bits per heavy atom. The van der Waals surface area contributed by atoms with Crippen LogP contribution in [0.15, 0.2) is 35.2 Å². The maximum absolute atomic E-state index is 13.0. The number of nitrogens with zero attached hydrogens (tertiary/aromatic N) is 2. The van der Waals surface area contributed by atoms with Crippen molar-refractivity contribution < 1.29 is 13.2 Å². The first-order chi connectivity index (χ1) is 13.6. The Bertz CT molecular complexity index is 1010. The normalized spacial score (nSPS) is 14.9. The second-order valence-electron chi connectivity index (χ2n) is 7.94. The lowest BCUT2D eigenvalue weighted by Crippen LogP contribution is -2.49. The highest BCUT2D eigenvalue weighted by atomic mass is 32.2. The molecule has 0 atom stereocenters. The molecule has 29 heavy (non-hydrogen) atoms. The third kappa shape index (κ3) is 4.47. The maximum atomic E-state index is 13.0. The average Bonchev–Trinajstić information content (AvgIpc) is 2.67. The van der Waals surface area contributed by atoms with Gasteiger partial charge in [-0.2, -0.15) is 0 Å². The van der Waals surface area contributed by atoms with Crippen LogP contribution in [0.4, 0.5) is 5.69 Å². The SMILES string of the molecule is CCc1c(C)cc(N2CCN(C(=O)c3cc(S(C)(=O)=O)ccc3C)CC2)cc1C. The highest BCUT2D eigenvalue weighted by molar-refractivity contribution is 7.90. The largest absolute Gasteiger partial charge is 0.368 e. The van der Waals surface area contributed by atoms with Gasteiger partial charge in [0.1, 0.15) is 0 Å². The van der Waals surface area contributed by atoms with Crippen LogP contribution >= 0.6 is 0 Å². The summed E-state index contributed by atoms with van der Waals surface area (Å²) in [6, 6.07) is 9.26. The molecule has 1 heterocycles. The smallest absolute Gasteiger partial charge is 0.254 e. The number of carbonyl (C=O) groups excluding carboxylic acids is 1. The van der Waals surface area contributed by atoms with Gasteiger partial charge in [-0.05, 0) is 73.7 Å². The van der Waals surface area contributed by atoms with Gasteiger partial charge in [0.15, 0.2) is 9.84 Å². The first-order valence-electron chi connectivity index (χ1n) is 10.1. The van der Waals surface area contributed by atoms with Crippen LogP contribution in [0, 0.1) is 20.8 Å². The van der Waals surface area contributed by atoms with E-state index in [-0.39, 0.29) is 10.8 Å². The summed E-state index contributed by atoms with van der Waals surface area (Å²) in [5.41, 5.74) is 6.51. The molecule has 0 unspecified atom stereocenters. The zero-order chi connectivity index (χ0) is 21.3. The van der Waals surface area contributed by atoms with Gasteiger partial charge in [-0.1, -0.05) is 13.0 Å². The predicted octanol–water partition coefficient (Wildman–Crippen LogP) is 3.54. The molecule has 2 aromatic rings. The van der Waals surface area contributed by atoms with Crippen molar-refractivity contribution in [2.45, 2.75) is 39.0 Å². The summed E-state index contributed by atoms with van der Waals surface area (Å²) < 4.78 is 23.7. The predicted molar refractivity (Wildman–Crippen MR) is 118 cm³/mol. The number of benzene rings is 2. The van der Waals surface area contributed by atoms with Gasteiger partial charge in [-0.3, -0.25) is 4.79 Å². The number of hydrogen-bond acceptors (Lipinski definition) is 4. The molecule has 0 aliphatic carbocycles. The average molecular weight is 415 g/mol. The summed E-state index contributed by atoms with van der Waals surface area (Å²) in [5.74, 6) is -0.0960. The van der Waals surface area contributed by atoms with Crippen LogP contribution in [-0.2, 0) is 16.3 Å². The molecule has 156 valence electrons. The first-order valence-corrected chi connectivity index (χ1v) is 12.0. The number of anilines is 1. The number of rotatable bonds is 4. The Hall–Kier alpha value is -2.34. The minimum absolute atomic E-state index is 0.0960. The van der Waals surface area contributed by atoms with Gasteiger partial charge in [0.05, 0.1) is 4.90 Å². The highest BCUT2D eigenvalue weighted by Crippen LogP contribution is 2.25. The molecule has 0 spiro atoms. The van der Waals surface area contributed by atoms with Crippen LogP contribution in [0.5, 0.6) is 0 Å². The molecular weight excluding hydrogens is 384 g/mol. The molecule has 0 bridgehead atoms. The van der Waals surface area contributed by atoms with E-state index in [2.05, 4.69) is 37.8 Å². The second kappa shape index (κ2) is 8.19. The Balaban J connectivity index is 1.75. The van der Waals surface area contributed by atoms with Crippen LogP contribution in [0.1, 0.15) is 39.5 Å². The number of amides is 1. The standard InChI is InChI=1S/C23H30N2O3S/c1-6-21-17(3)13-19(14-18(21)4)24-9-11-25(12-10-24)23(26)22-15-20(29(5,27)28)8-7-16(22)2/h7-8,13-15H,6,9-12H2,1-5H3. The lowest BCUT2D eigenvalue weighted by Gasteiger charge is -2.37. The molecular formula is C23H30N2O3S. The molecule has 1 aliphatic rings. The Morgan fingerprint density at radius 3 is 2.03 bits per heavy atom. The van der Waals surface area contributed by atoms with Gasteiger partial charge in [-0.25, -0.2) is 8.42 Å². The number of aryl methyl sites for hydroxylation is 3. The summed E-state index contributed by atoms with van der Waals surface area (Å²) in [6.07, 6.45) is 2.20. The van der Waals surface area contributed by atoms with Crippen molar-refractivity contribution in [2.24, 2.45) is 0 Å². The Morgan fingerprint density at radius 1 is 0.931 bits per heavy atom. The summed E-state index contributed by atoms with van der Waals surface area (Å²) in [5, 5.41) is 0. The number of carbonyl (C=O) groups is 1. The van der Waals surface area contributed by atoms with Crippen molar-refractivity contribution in [2.75, 3.05) is 37.3 Å². The molecule has 2 aromatic carbocycles. The summed E-state index contributed by atoms with van der Waals surface area (Å²) in [6.45, 7) is 11.1. The van der Waals surface area contributed by atoms with Crippen LogP contribution in [0.2, 0.25) is 0 Å². The molecule has 0 saturated carbocycles. The zero-order valence-corrected chi connectivity index (χ0v) is 18.8. The molecule has 1 aliphatic heterocycles. The molecule has 1 fully saturated rings. The summed E-state index contributed by atoms with van der Waals surface area (Å²) in [4.78, 5) is 17.4. The maximum Gasteiger partial charge on any atom is 0.254 e. The quantitative estimate of drug-likeness (QED) is 0.768. The van der Waals surface area contributed by atoms with Crippen LogP contribution in [-0.4, -0.2) is 51.7 Å². The van der Waals surface area contributed by atoms with Crippen molar-refractivity contribution in [1.29, 1.82) is 0 Å². The van der Waals surface area contributed by atoms with Crippen molar-refractivity contribution in [3.63, 3.8) is 0 Å². The van der Waals surface area contributed by atoms with E-state index in [1.165, 1.54) is 34.7 Å². The van der Waals surface area contributed by atoms with E-state index in [9.17, 15) is 13.2 Å². The highest BCUT2D eigenvalue weighted by Gasteiger charge is 2.24. The molecule has 1 amide bonds. The van der Waals surface area contributed by atoms with Crippen molar-refractivity contribution in [3.05, 3.63) is 58.1 Å². The molecule has 1 saturated heterocycles. The van der Waals surface area contributed by atoms with Crippen LogP contribution in [0.25, 0.3) is 0 Å². The van der Waals surface area contributed by atoms with Gasteiger partial charge in [-0.15, -0.1) is 0 Å². The van der Waals surface area contributed by atoms with Crippen molar-refractivity contribution >= 4 is 21.4 Å². The lowest BCUT2D eigenvalue weighted by atomic mass is 9.99. The Kier molecular flexibility index (Phi) is 6.03. The molecule has 0 aromatic heterocycles. The van der Waals surface area contributed by atoms with Gasteiger partial charge in [0.25, 0.3) is 5.91 Å². The minimum atomic E-state index is -3.34. The van der Waals surface area contributed by atoms with E-state index >= 15 is 0 Å². The van der Waals surface area contributed by atoms with E-state index in [1.807, 2.05) is 11.8 Å². The van der Waals surface area contributed by atoms with E-state index in [0.717, 1.165) is 25.1 Å². The lowest BCUT2D eigenvalue weighted by molar-refractivity contribution is 0.0746. The molecule has 5 nitrogen and oxygen atoms in total. The molecule has 0 N–H and O–H groups in total. The fourth-order valence-corrected chi connectivity index (χ4v) is 4.76. The van der Waals surface area contributed by atoms with E-state index < -0.39 is 9.84 Å². The van der Waals surface area contributed by atoms with Gasteiger partial charge < -0.3 is 9.80 Å². The number of piperazine rings is 1. The van der Waals surface area contributed by atoms with E-state index in [4.69, 9.17) is 0 Å². The third-order valence-corrected chi connectivity index (χ3v) is 6.94. The first kappa shape index (κ1) is 21.4. The molecule has 3 rings (SSSR count). The Labute approximate surface area is 174 Å².